The zero-order chi connectivity index (χ0) is 19.0. The first-order chi connectivity index (χ1) is 13.0. The van der Waals surface area contributed by atoms with Gasteiger partial charge in [0.1, 0.15) is 0 Å². The van der Waals surface area contributed by atoms with Gasteiger partial charge in [0.2, 0.25) is 17.6 Å². The van der Waals surface area contributed by atoms with E-state index in [2.05, 4.69) is 20.7 Å². The number of carbonyl (C=O) groups excluding carboxylic acids is 1. The summed E-state index contributed by atoms with van der Waals surface area (Å²) in [5.74, 6) is -0.301. The van der Waals surface area contributed by atoms with Gasteiger partial charge >= 0.3 is 0 Å². The molecule has 0 atom stereocenters. The van der Waals surface area contributed by atoms with Gasteiger partial charge in [0.05, 0.1) is 0 Å². The van der Waals surface area contributed by atoms with Crippen molar-refractivity contribution in [3.63, 3.8) is 0 Å². The summed E-state index contributed by atoms with van der Waals surface area (Å²) in [6.07, 6.45) is 1.32. The van der Waals surface area contributed by atoms with Crippen LogP contribution in [0.4, 0.5) is 4.39 Å². The van der Waals surface area contributed by atoms with Crippen molar-refractivity contribution in [1.29, 1.82) is 0 Å². The molecule has 1 amide bonds. The van der Waals surface area contributed by atoms with Crippen molar-refractivity contribution < 1.29 is 18.1 Å². The van der Waals surface area contributed by atoms with Crippen LogP contribution in [-0.2, 0) is 0 Å². The fourth-order valence-corrected chi connectivity index (χ4v) is 3.03. The van der Waals surface area contributed by atoms with Crippen LogP contribution in [0.25, 0.3) is 11.3 Å². The highest BCUT2D eigenvalue weighted by Gasteiger charge is 2.36. The molecule has 2 heterocycles. The van der Waals surface area contributed by atoms with Crippen LogP contribution in [0.2, 0.25) is 0 Å². The number of hydrogen-bond acceptors (Lipinski definition) is 6. The lowest BCUT2D eigenvalue weighted by atomic mass is 9.80. The largest absolute Gasteiger partial charge is 0.425 e. The Morgan fingerprint density at radius 3 is 2.63 bits per heavy atom. The zero-order valence-electron chi connectivity index (χ0n) is 15.0. The van der Waals surface area contributed by atoms with Gasteiger partial charge in [0, 0.05) is 23.4 Å². The Balaban J connectivity index is 1.37. The number of aromatic nitrogens is 3. The predicted octanol–water partition coefficient (Wildman–Crippen LogP) is 3.66. The van der Waals surface area contributed by atoms with Gasteiger partial charge < -0.3 is 14.3 Å². The monoisotopic (exact) mass is 370 g/mol. The van der Waals surface area contributed by atoms with E-state index in [1.807, 2.05) is 19.9 Å². The third kappa shape index (κ3) is 3.34. The summed E-state index contributed by atoms with van der Waals surface area (Å²) in [4.78, 5) is 12.3. The highest BCUT2D eigenvalue weighted by molar-refractivity contribution is 5.93. The average Bonchev–Trinajstić information content (AvgIpc) is 3.25. The van der Waals surface area contributed by atoms with E-state index in [1.165, 1.54) is 0 Å². The van der Waals surface area contributed by atoms with Crippen molar-refractivity contribution in [2.24, 2.45) is 0 Å². The van der Waals surface area contributed by atoms with Gasteiger partial charge in [-0.25, -0.2) is 0 Å². The minimum atomic E-state index is -0.756. The van der Waals surface area contributed by atoms with Crippen LogP contribution in [0.5, 0.6) is 0 Å². The van der Waals surface area contributed by atoms with E-state index in [1.54, 1.807) is 24.3 Å². The molecular formula is C19H19FN4O3. The van der Waals surface area contributed by atoms with Crippen molar-refractivity contribution in [3.05, 3.63) is 53.7 Å². The van der Waals surface area contributed by atoms with Gasteiger partial charge in [-0.05, 0) is 12.8 Å². The summed E-state index contributed by atoms with van der Waals surface area (Å²) in [7, 11) is 0. The van der Waals surface area contributed by atoms with Gasteiger partial charge in [-0.15, -0.1) is 10.2 Å². The molecule has 0 radical (unpaired) electrons. The first-order valence-corrected chi connectivity index (χ1v) is 8.87. The molecular weight excluding hydrogens is 351 g/mol. The minimum absolute atomic E-state index is 0.0271. The van der Waals surface area contributed by atoms with Gasteiger partial charge in [0.15, 0.2) is 5.69 Å². The van der Waals surface area contributed by atoms with Gasteiger partial charge in [0.25, 0.3) is 11.7 Å². The molecule has 1 aliphatic carbocycles. The second-order valence-corrected chi connectivity index (χ2v) is 7.01. The summed E-state index contributed by atoms with van der Waals surface area (Å²) in [5.41, 5.74) is 0.582. The van der Waals surface area contributed by atoms with E-state index in [0.717, 1.165) is 0 Å². The second kappa shape index (κ2) is 6.94. The van der Waals surface area contributed by atoms with E-state index < -0.39 is 17.5 Å². The standard InChI is InChI=1S/C19H19FN4O3/c1-10(2)18-22-23-19(26-18)12-8-13(9-12)21-17(25)16-14(20)15(24-27-16)11-6-4-3-5-7-11/h3-7,10,12-13H,8-9H2,1-2H3,(H,21,25)/t12-,13-. The smallest absolute Gasteiger partial charge is 0.293 e. The van der Waals surface area contributed by atoms with Gasteiger partial charge in [-0.1, -0.05) is 49.3 Å². The zero-order valence-corrected chi connectivity index (χ0v) is 15.0. The summed E-state index contributed by atoms with van der Waals surface area (Å²) in [6, 6.07) is 8.65. The molecule has 140 valence electrons. The average molecular weight is 370 g/mol. The molecule has 4 rings (SSSR count). The number of nitrogens with one attached hydrogen (secondary N) is 1. The number of hydrogen-bond donors (Lipinski definition) is 1. The molecule has 1 aliphatic rings. The van der Waals surface area contributed by atoms with Crippen LogP contribution in [-0.4, -0.2) is 27.3 Å². The molecule has 1 N–H and O–H groups in total. The lowest BCUT2D eigenvalue weighted by Gasteiger charge is -2.33. The predicted molar refractivity (Wildman–Crippen MR) is 93.5 cm³/mol. The molecule has 3 aromatic rings. The van der Waals surface area contributed by atoms with Crippen LogP contribution >= 0.6 is 0 Å². The third-order valence-electron chi connectivity index (χ3n) is 4.66. The molecule has 7 nitrogen and oxygen atoms in total. The number of carbonyl (C=O) groups is 1. The van der Waals surface area contributed by atoms with Crippen molar-refractivity contribution >= 4 is 5.91 Å². The minimum Gasteiger partial charge on any atom is -0.425 e. The van der Waals surface area contributed by atoms with Crippen molar-refractivity contribution in [1.82, 2.24) is 20.7 Å². The fraction of sp³-hybridized carbons (Fsp3) is 0.368. The Bertz CT molecular complexity index is 945. The maximum absolute atomic E-state index is 14.5. The Labute approximate surface area is 155 Å². The number of nitrogens with zero attached hydrogens (tertiary/aromatic N) is 3. The lowest BCUT2D eigenvalue weighted by Crippen LogP contribution is -2.43. The van der Waals surface area contributed by atoms with Crippen molar-refractivity contribution in [3.8, 4) is 11.3 Å². The maximum atomic E-state index is 14.5. The molecule has 1 saturated carbocycles. The molecule has 0 aliphatic heterocycles. The lowest BCUT2D eigenvalue weighted by molar-refractivity contribution is 0.0859. The Kier molecular flexibility index (Phi) is 4.47. The Morgan fingerprint density at radius 2 is 1.96 bits per heavy atom. The molecule has 1 fully saturated rings. The molecule has 1 aromatic carbocycles. The quantitative estimate of drug-likeness (QED) is 0.736. The van der Waals surface area contributed by atoms with Crippen molar-refractivity contribution in [2.75, 3.05) is 0 Å². The third-order valence-corrected chi connectivity index (χ3v) is 4.66. The molecule has 0 saturated heterocycles. The highest BCUT2D eigenvalue weighted by Crippen LogP contribution is 2.37. The summed E-state index contributed by atoms with van der Waals surface area (Å²) < 4.78 is 25.1. The van der Waals surface area contributed by atoms with E-state index in [0.29, 0.717) is 30.2 Å². The van der Waals surface area contributed by atoms with Crippen LogP contribution in [0.3, 0.4) is 0 Å². The first-order valence-electron chi connectivity index (χ1n) is 8.87. The maximum Gasteiger partial charge on any atom is 0.293 e. The summed E-state index contributed by atoms with van der Waals surface area (Å²) in [5, 5.41) is 14.5. The van der Waals surface area contributed by atoms with Gasteiger partial charge in [-0.2, -0.15) is 4.39 Å². The molecule has 27 heavy (non-hydrogen) atoms. The van der Waals surface area contributed by atoms with Crippen LogP contribution in [0.15, 0.2) is 39.3 Å². The summed E-state index contributed by atoms with van der Waals surface area (Å²) in [6.45, 7) is 3.97. The second-order valence-electron chi connectivity index (χ2n) is 7.01. The van der Waals surface area contributed by atoms with E-state index in [9.17, 15) is 9.18 Å². The molecule has 0 unspecified atom stereocenters. The molecule has 8 heteroatoms. The molecule has 2 aromatic heterocycles. The van der Waals surface area contributed by atoms with Crippen LogP contribution in [0, 0.1) is 5.82 Å². The molecule has 0 spiro atoms. The SMILES string of the molecule is CC(C)c1nnc([C@H]2C[C@H](NC(=O)c3onc(-c4ccccc4)c3F)C2)o1. The Hall–Kier alpha value is -3.03. The van der Waals surface area contributed by atoms with E-state index in [4.69, 9.17) is 8.94 Å². The van der Waals surface area contributed by atoms with Gasteiger partial charge in [-0.3, -0.25) is 4.79 Å². The topological polar surface area (TPSA) is 94.1 Å². The first kappa shape index (κ1) is 17.4. The number of rotatable bonds is 5. The Morgan fingerprint density at radius 1 is 1.22 bits per heavy atom. The molecule has 0 bridgehead atoms. The highest BCUT2D eigenvalue weighted by atomic mass is 19.1. The van der Waals surface area contributed by atoms with Crippen LogP contribution in [0.1, 0.15) is 60.9 Å². The number of amides is 1. The van der Waals surface area contributed by atoms with Crippen molar-refractivity contribution in [2.45, 2.75) is 44.6 Å². The normalized spacial score (nSPS) is 19.1. The van der Waals surface area contributed by atoms with E-state index >= 15 is 0 Å². The summed E-state index contributed by atoms with van der Waals surface area (Å²) >= 11 is 0. The number of halogens is 1. The fourth-order valence-electron chi connectivity index (χ4n) is 3.03. The van der Waals surface area contributed by atoms with Crippen LogP contribution < -0.4 is 5.32 Å². The number of benzene rings is 1. The van der Waals surface area contributed by atoms with E-state index in [-0.39, 0.29) is 23.6 Å².